The number of rotatable bonds is 10. The number of nitrogens with one attached hydrogen (secondary N) is 1. The summed E-state index contributed by atoms with van der Waals surface area (Å²) in [5, 5.41) is 3.56. The Balaban J connectivity index is 1.37. The van der Waals surface area contributed by atoms with Crippen LogP contribution < -0.4 is 20.5 Å². The third-order valence-corrected chi connectivity index (χ3v) is 7.19. The molecule has 1 aliphatic heterocycles. The van der Waals surface area contributed by atoms with Gasteiger partial charge in [0, 0.05) is 49.2 Å². The van der Waals surface area contributed by atoms with Gasteiger partial charge < -0.3 is 19.5 Å². The third-order valence-electron chi connectivity index (χ3n) is 6.17. The molecule has 2 heterocycles. The number of thioether (sulfide) groups is 1. The summed E-state index contributed by atoms with van der Waals surface area (Å²) >= 11 is 1.33. The molecule has 0 unspecified atom stereocenters. The zero-order valence-electron chi connectivity index (χ0n) is 19.8. The summed E-state index contributed by atoms with van der Waals surface area (Å²) in [6.45, 7) is 5.09. The predicted molar refractivity (Wildman–Crippen MR) is 131 cm³/mol. The molecule has 1 aromatic carbocycles. The van der Waals surface area contributed by atoms with Crippen LogP contribution in [-0.2, 0) is 28.9 Å². The SMILES string of the molecule is COc1ccc(NC(=O)CSc2nc(=O)n(CCCN3CCOCC3)c3c2CCC3)cc1OC. The molecule has 0 saturated carbocycles. The lowest BCUT2D eigenvalue weighted by atomic mass is 10.2. The molecule has 2 aliphatic rings. The van der Waals surface area contributed by atoms with Crippen molar-refractivity contribution in [2.24, 2.45) is 0 Å². The number of morpholine rings is 1. The maximum absolute atomic E-state index is 12.8. The Morgan fingerprint density at radius 1 is 1.15 bits per heavy atom. The van der Waals surface area contributed by atoms with Gasteiger partial charge >= 0.3 is 5.69 Å². The van der Waals surface area contributed by atoms with Crippen LogP contribution in [0.3, 0.4) is 0 Å². The molecule has 10 heteroatoms. The number of benzene rings is 1. The number of hydrogen-bond acceptors (Lipinski definition) is 8. The van der Waals surface area contributed by atoms with Crippen LogP contribution in [0.1, 0.15) is 24.1 Å². The molecule has 0 bridgehead atoms. The number of ether oxygens (including phenoxy) is 3. The van der Waals surface area contributed by atoms with E-state index in [1.807, 2.05) is 4.57 Å². The Hall–Kier alpha value is -2.56. The number of anilines is 1. The molecular formula is C24H32N4O5S. The van der Waals surface area contributed by atoms with Crippen LogP contribution in [0, 0.1) is 0 Å². The first kappa shape index (κ1) is 24.6. The van der Waals surface area contributed by atoms with Crippen molar-refractivity contribution < 1.29 is 19.0 Å². The van der Waals surface area contributed by atoms with Gasteiger partial charge in [-0.15, -0.1) is 0 Å². The van der Waals surface area contributed by atoms with Crippen LogP contribution in [0.5, 0.6) is 11.5 Å². The fourth-order valence-corrected chi connectivity index (χ4v) is 5.34. The third kappa shape index (κ3) is 5.92. The molecule has 1 fully saturated rings. The van der Waals surface area contributed by atoms with E-state index in [1.54, 1.807) is 32.4 Å². The largest absolute Gasteiger partial charge is 0.493 e. The number of carbonyl (C=O) groups excluding carboxylic acids is 1. The minimum absolute atomic E-state index is 0.166. The molecule has 1 aromatic heterocycles. The van der Waals surface area contributed by atoms with E-state index in [4.69, 9.17) is 14.2 Å². The highest BCUT2D eigenvalue weighted by molar-refractivity contribution is 8.00. The normalized spacial score (nSPS) is 15.7. The van der Waals surface area contributed by atoms with E-state index in [0.717, 1.165) is 69.8 Å². The minimum atomic E-state index is -0.217. The van der Waals surface area contributed by atoms with Gasteiger partial charge in [0.15, 0.2) is 11.5 Å². The van der Waals surface area contributed by atoms with Crippen molar-refractivity contribution in [1.82, 2.24) is 14.5 Å². The van der Waals surface area contributed by atoms with E-state index in [2.05, 4.69) is 15.2 Å². The Morgan fingerprint density at radius 2 is 1.94 bits per heavy atom. The van der Waals surface area contributed by atoms with Crippen LogP contribution in [0.2, 0.25) is 0 Å². The number of amides is 1. The molecule has 0 spiro atoms. The summed E-state index contributed by atoms with van der Waals surface area (Å²) in [5.41, 5.74) is 2.61. The second kappa shape index (κ2) is 11.7. The second-order valence-electron chi connectivity index (χ2n) is 8.34. The monoisotopic (exact) mass is 488 g/mol. The maximum Gasteiger partial charge on any atom is 0.348 e. The number of hydrogen-bond donors (Lipinski definition) is 1. The van der Waals surface area contributed by atoms with Gasteiger partial charge in [-0.05, 0) is 37.8 Å². The summed E-state index contributed by atoms with van der Waals surface area (Å²) in [7, 11) is 3.12. The first-order valence-corrected chi connectivity index (χ1v) is 12.6. The van der Waals surface area contributed by atoms with E-state index in [0.29, 0.717) is 28.8 Å². The van der Waals surface area contributed by atoms with Crippen molar-refractivity contribution in [1.29, 1.82) is 0 Å². The quantitative estimate of drug-likeness (QED) is 0.402. The molecule has 1 N–H and O–H groups in total. The molecule has 9 nitrogen and oxygen atoms in total. The molecule has 1 aliphatic carbocycles. The van der Waals surface area contributed by atoms with Crippen LogP contribution >= 0.6 is 11.8 Å². The number of aromatic nitrogens is 2. The molecule has 0 radical (unpaired) electrons. The van der Waals surface area contributed by atoms with Gasteiger partial charge in [0.25, 0.3) is 0 Å². The Morgan fingerprint density at radius 3 is 2.71 bits per heavy atom. The number of fused-ring (bicyclic) bond motifs is 1. The summed E-state index contributed by atoms with van der Waals surface area (Å²) < 4.78 is 17.8. The van der Waals surface area contributed by atoms with Crippen molar-refractivity contribution in [3.63, 3.8) is 0 Å². The lowest BCUT2D eigenvalue weighted by Gasteiger charge is -2.26. The van der Waals surface area contributed by atoms with Gasteiger partial charge in [-0.3, -0.25) is 14.3 Å². The fraction of sp³-hybridized carbons (Fsp3) is 0.542. The lowest BCUT2D eigenvalue weighted by molar-refractivity contribution is -0.113. The van der Waals surface area contributed by atoms with E-state index < -0.39 is 0 Å². The predicted octanol–water partition coefficient (Wildman–Crippen LogP) is 2.20. The molecule has 184 valence electrons. The van der Waals surface area contributed by atoms with Crippen molar-refractivity contribution in [3.8, 4) is 11.5 Å². The molecule has 1 saturated heterocycles. The number of nitrogens with zero attached hydrogens (tertiary/aromatic N) is 3. The average molecular weight is 489 g/mol. The zero-order chi connectivity index (χ0) is 23.9. The minimum Gasteiger partial charge on any atom is -0.493 e. The van der Waals surface area contributed by atoms with Gasteiger partial charge in [0.2, 0.25) is 5.91 Å². The number of carbonyl (C=O) groups is 1. The molecule has 0 atom stereocenters. The Bertz CT molecular complexity index is 1070. The Labute approximate surface area is 203 Å². The van der Waals surface area contributed by atoms with Crippen LogP contribution in [0.15, 0.2) is 28.0 Å². The van der Waals surface area contributed by atoms with Crippen LogP contribution in [-0.4, -0.2) is 73.2 Å². The van der Waals surface area contributed by atoms with Crippen molar-refractivity contribution in [3.05, 3.63) is 39.9 Å². The topological polar surface area (TPSA) is 94.9 Å². The van der Waals surface area contributed by atoms with E-state index in [1.165, 1.54) is 11.8 Å². The van der Waals surface area contributed by atoms with E-state index >= 15 is 0 Å². The average Bonchev–Trinajstić information content (AvgIpc) is 3.35. The van der Waals surface area contributed by atoms with Crippen LogP contribution in [0.25, 0.3) is 0 Å². The summed E-state index contributed by atoms with van der Waals surface area (Å²) in [5.74, 6) is 1.15. The van der Waals surface area contributed by atoms with Gasteiger partial charge in [0.1, 0.15) is 5.03 Å². The zero-order valence-corrected chi connectivity index (χ0v) is 20.6. The number of methoxy groups -OCH3 is 2. The van der Waals surface area contributed by atoms with E-state index in [-0.39, 0.29) is 17.3 Å². The second-order valence-corrected chi connectivity index (χ2v) is 9.31. The first-order chi connectivity index (χ1) is 16.6. The smallest absolute Gasteiger partial charge is 0.348 e. The van der Waals surface area contributed by atoms with Gasteiger partial charge in [-0.1, -0.05) is 11.8 Å². The summed E-state index contributed by atoms with van der Waals surface area (Å²) in [6, 6.07) is 5.22. The maximum atomic E-state index is 12.8. The van der Waals surface area contributed by atoms with E-state index in [9.17, 15) is 9.59 Å². The standard InChI is InChI=1S/C24H32N4O5S/c1-31-20-8-7-17(15-21(20)32-2)25-22(29)16-34-23-18-5-3-6-19(18)28(24(30)26-23)10-4-9-27-11-13-33-14-12-27/h7-8,15H,3-6,9-14,16H2,1-2H3,(H,25,29). The highest BCUT2D eigenvalue weighted by Crippen LogP contribution is 2.31. The van der Waals surface area contributed by atoms with Crippen molar-refractivity contribution in [2.45, 2.75) is 37.3 Å². The molecule has 4 rings (SSSR count). The molecule has 34 heavy (non-hydrogen) atoms. The molecular weight excluding hydrogens is 456 g/mol. The van der Waals surface area contributed by atoms with Crippen molar-refractivity contribution in [2.75, 3.05) is 58.1 Å². The first-order valence-electron chi connectivity index (χ1n) is 11.7. The highest BCUT2D eigenvalue weighted by Gasteiger charge is 2.23. The highest BCUT2D eigenvalue weighted by atomic mass is 32.2. The molecule has 1 amide bonds. The molecule has 2 aromatic rings. The van der Waals surface area contributed by atoms with Crippen molar-refractivity contribution >= 4 is 23.4 Å². The van der Waals surface area contributed by atoms with Crippen LogP contribution in [0.4, 0.5) is 5.69 Å². The summed E-state index contributed by atoms with van der Waals surface area (Å²) in [4.78, 5) is 32.1. The fourth-order valence-electron chi connectivity index (χ4n) is 4.46. The summed E-state index contributed by atoms with van der Waals surface area (Å²) in [6.07, 6.45) is 3.70. The van der Waals surface area contributed by atoms with Gasteiger partial charge in [-0.25, -0.2) is 4.79 Å². The Kier molecular flexibility index (Phi) is 8.47. The van der Waals surface area contributed by atoms with Gasteiger partial charge in [-0.2, -0.15) is 4.98 Å². The van der Waals surface area contributed by atoms with Gasteiger partial charge in [0.05, 0.1) is 33.2 Å². The lowest BCUT2D eigenvalue weighted by Crippen LogP contribution is -2.37.